The van der Waals surface area contributed by atoms with E-state index >= 15 is 0 Å². The van der Waals surface area contributed by atoms with Gasteiger partial charge in [-0.2, -0.15) is 0 Å². The van der Waals surface area contributed by atoms with Crippen molar-refractivity contribution in [3.8, 4) is 0 Å². The van der Waals surface area contributed by atoms with Gasteiger partial charge in [0, 0.05) is 6.04 Å². The number of hydrogen-bond donors (Lipinski definition) is 1. The van der Waals surface area contributed by atoms with Crippen LogP contribution in [0.4, 0.5) is 0 Å². The predicted octanol–water partition coefficient (Wildman–Crippen LogP) is 1.08. The van der Waals surface area contributed by atoms with E-state index in [9.17, 15) is 9.59 Å². The third-order valence-corrected chi connectivity index (χ3v) is 3.72. The number of esters is 1. The second-order valence-electron chi connectivity index (χ2n) is 5.33. The van der Waals surface area contributed by atoms with Gasteiger partial charge in [-0.05, 0) is 19.3 Å². The van der Waals surface area contributed by atoms with Crippen LogP contribution in [0.25, 0.3) is 0 Å². The van der Waals surface area contributed by atoms with Gasteiger partial charge in [-0.15, -0.1) is 5.10 Å². The van der Waals surface area contributed by atoms with Gasteiger partial charge >= 0.3 is 5.97 Å². The van der Waals surface area contributed by atoms with Crippen molar-refractivity contribution in [3.63, 3.8) is 0 Å². The number of carbonyl (C=O) groups is 2. The van der Waals surface area contributed by atoms with Gasteiger partial charge in [0.25, 0.3) is 0 Å². The highest BCUT2D eigenvalue weighted by Crippen LogP contribution is 2.17. The SMILES string of the molecule is CCCc1c(C(=O)OC)nnn1CC(=O)NC1CCCC1. The Morgan fingerprint density at radius 3 is 2.71 bits per heavy atom. The van der Waals surface area contributed by atoms with E-state index < -0.39 is 5.97 Å². The molecule has 1 amide bonds. The summed E-state index contributed by atoms with van der Waals surface area (Å²) in [5, 5.41) is 10.8. The highest BCUT2D eigenvalue weighted by Gasteiger charge is 2.22. The number of nitrogens with zero attached hydrogens (tertiary/aromatic N) is 3. The molecule has 1 saturated carbocycles. The molecule has 0 aromatic carbocycles. The lowest BCUT2D eigenvalue weighted by molar-refractivity contribution is -0.122. The van der Waals surface area contributed by atoms with Crippen LogP contribution in [0.15, 0.2) is 0 Å². The molecule has 1 aliphatic rings. The number of ether oxygens (including phenoxy) is 1. The number of aromatic nitrogens is 3. The molecule has 1 aromatic heterocycles. The monoisotopic (exact) mass is 294 g/mol. The van der Waals surface area contributed by atoms with Crippen LogP contribution in [0, 0.1) is 0 Å². The first kappa shape index (κ1) is 15.5. The van der Waals surface area contributed by atoms with Crippen molar-refractivity contribution in [1.82, 2.24) is 20.3 Å². The Morgan fingerprint density at radius 1 is 1.38 bits per heavy atom. The zero-order valence-electron chi connectivity index (χ0n) is 12.6. The summed E-state index contributed by atoms with van der Waals surface area (Å²) in [5.74, 6) is -0.596. The van der Waals surface area contributed by atoms with Crippen molar-refractivity contribution >= 4 is 11.9 Å². The molecule has 7 heteroatoms. The second kappa shape index (κ2) is 7.19. The fourth-order valence-electron chi connectivity index (χ4n) is 2.68. The first-order valence-electron chi connectivity index (χ1n) is 7.45. The summed E-state index contributed by atoms with van der Waals surface area (Å²) in [4.78, 5) is 23.7. The van der Waals surface area contributed by atoms with Gasteiger partial charge in [-0.3, -0.25) is 4.79 Å². The number of rotatable bonds is 6. The maximum Gasteiger partial charge on any atom is 0.360 e. The largest absolute Gasteiger partial charge is 0.464 e. The van der Waals surface area contributed by atoms with Gasteiger partial charge in [0.2, 0.25) is 5.91 Å². The topological polar surface area (TPSA) is 86.1 Å². The predicted molar refractivity (Wildman–Crippen MR) is 75.8 cm³/mol. The van der Waals surface area contributed by atoms with Gasteiger partial charge in [0.05, 0.1) is 12.8 Å². The van der Waals surface area contributed by atoms with E-state index in [2.05, 4.69) is 15.6 Å². The molecule has 0 saturated heterocycles. The molecule has 1 aliphatic carbocycles. The summed E-state index contributed by atoms with van der Waals surface area (Å²) >= 11 is 0. The summed E-state index contributed by atoms with van der Waals surface area (Å²) in [6.45, 7) is 2.09. The zero-order valence-corrected chi connectivity index (χ0v) is 12.6. The molecule has 0 radical (unpaired) electrons. The number of amides is 1. The highest BCUT2D eigenvalue weighted by atomic mass is 16.5. The Hall–Kier alpha value is -1.92. The van der Waals surface area contributed by atoms with Crippen LogP contribution >= 0.6 is 0 Å². The lowest BCUT2D eigenvalue weighted by Gasteiger charge is -2.12. The standard InChI is InChI=1S/C14H22N4O3/c1-3-6-11-13(14(20)21-2)16-17-18(11)9-12(19)15-10-7-4-5-8-10/h10H,3-9H2,1-2H3,(H,15,19). The van der Waals surface area contributed by atoms with Gasteiger partial charge < -0.3 is 10.1 Å². The minimum Gasteiger partial charge on any atom is -0.464 e. The molecule has 2 rings (SSSR count). The minimum atomic E-state index is -0.513. The Kier molecular flexibility index (Phi) is 5.30. The minimum absolute atomic E-state index is 0.0828. The third-order valence-electron chi connectivity index (χ3n) is 3.72. The van der Waals surface area contributed by atoms with E-state index in [1.807, 2.05) is 6.92 Å². The van der Waals surface area contributed by atoms with E-state index in [-0.39, 0.29) is 24.2 Å². The van der Waals surface area contributed by atoms with Crippen LogP contribution in [0.1, 0.15) is 55.2 Å². The number of nitrogens with one attached hydrogen (secondary N) is 1. The van der Waals surface area contributed by atoms with Gasteiger partial charge in [-0.1, -0.05) is 31.4 Å². The van der Waals surface area contributed by atoms with E-state index in [4.69, 9.17) is 4.74 Å². The lowest BCUT2D eigenvalue weighted by Crippen LogP contribution is -2.35. The van der Waals surface area contributed by atoms with Gasteiger partial charge in [-0.25, -0.2) is 9.48 Å². The Balaban J connectivity index is 2.05. The Labute approximate surface area is 124 Å². The Morgan fingerprint density at radius 2 is 2.10 bits per heavy atom. The second-order valence-corrected chi connectivity index (χ2v) is 5.33. The first-order valence-corrected chi connectivity index (χ1v) is 7.45. The molecule has 0 spiro atoms. The van der Waals surface area contributed by atoms with Crippen LogP contribution in [-0.2, 0) is 22.5 Å². The van der Waals surface area contributed by atoms with E-state index in [0.717, 1.165) is 19.3 Å². The molecule has 1 N–H and O–H groups in total. The fraction of sp³-hybridized carbons (Fsp3) is 0.714. The maximum atomic E-state index is 12.1. The van der Waals surface area contributed by atoms with Crippen molar-refractivity contribution in [3.05, 3.63) is 11.4 Å². The molecule has 7 nitrogen and oxygen atoms in total. The molecule has 0 unspecified atom stereocenters. The molecule has 1 aromatic rings. The molecule has 0 aliphatic heterocycles. The third kappa shape index (κ3) is 3.80. The van der Waals surface area contributed by atoms with Crippen LogP contribution < -0.4 is 5.32 Å². The molecule has 1 fully saturated rings. The van der Waals surface area contributed by atoms with Crippen molar-refractivity contribution in [2.24, 2.45) is 0 Å². The zero-order chi connectivity index (χ0) is 15.2. The van der Waals surface area contributed by atoms with Gasteiger partial charge in [0.1, 0.15) is 6.54 Å². The first-order chi connectivity index (χ1) is 10.2. The maximum absolute atomic E-state index is 12.1. The van der Waals surface area contributed by atoms with Crippen LogP contribution in [-0.4, -0.2) is 40.0 Å². The van der Waals surface area contributed by atoms with Gasteiger partial charge in [0.15, 0.2) is 5.69 Å². The van der Waals surface area contributed by atoms with E-state index in [1.54, 1.807) is 0 Å². The normalized spacial score (nSPS) is 15.1. The van der Waals surface area contributed by atoms with Crippen LogP contribution in [0.2, 0.25) is 0 Å². The quantitative estimate of drug-likeness (QED) is 0.793. The number of methoxy groups -OCH3 is 1. The molecular weight excluding hydrogens is 272 g/mol. The average molecular weight is 294 g/mol. The summed E-state index contributed by atoms with van der Waals surface area (Å²) in [5.41, 5.74) is 0.860. The van der Waals surface area contributed by atoms with E-state index in [1.165, 1.54) is 24.6 Å². The molecule has 21 heavy (non-hydrogen) atoms. The summed E-state index contributed by atoms with van der Waals surface area (Å²) in [6, 6.07) is 0.274. The summed E-state index contributed by atoms with van der Waals surface area (Å²) < 4.78 is 6.19. The van der Waals surface area contributed by atoms with Crippen molar-refractivity contribution < 1.29 is 14.3 Å². The molecule has 116 valence electrons. The summed E-state index contributed by atoms with van der Waals surface area (Å²) in [7, 11) is 1.31. The molecule has 0 bridgehead atoms. The van der Waals surface area contributed by atoms with E-state index in [0.29, 0.717) is 12.1 Å². The Bertz CT molecular complexity index is 506. The lowest BCUT2D eigenvalue weighted by atomic mass is 10.2. The average Bonchev–Trinajstić information content (AvgIpc) is 3.09. The highest BCUT2D eigenvalue weighted by molar-refractivity contribution is 5.88. The number of carbonyl (C=O) groups excluding carboxylic acids is 2. The smallest absolute Gasteiger partial charge is 0.360 e. The number of hydrogen-bond acceptors (Lipinski definition) is 5. The van der Waals surface area contributed by atoms with Crippen LogP contribution in [0.5, 0.6) is 0 Å². The molecule has 0 atom stereocenters. The van der Waals surface area contributed by atoms with Crippen molar-refractivity contribution in [2.75, 3.05) is 7.11 Å². The van der Waals surface area contributed by atoms with Crippen molar-refractivity contribution in [1.29, 1.82) is 0 Å². The fourth-order valence-corrected chi connectivity index (χ4v) is 2.68. The van der Waals surface area contributed by atoms with Crippen molar-refractivity contribution in [2.45, 2.75) is 58.0 Å². The molecular formula is C14H22N4O3. The molecule has 1 heterocycles. The van der Waals surface area contributed by atoms with Crippen LogP contribution in [0.3, 0.4) is 0 Å². The summed E-state index contributed by atoms with van der Waals surface area (Å²) in [6.07, 6.45) is 5.89.